The van der Waals surface area contributed by atoms with Crippen molar-refractivity contribution in [3.63, 3.8) is 0 Å². The van der Waals surface area contributed by atoms with Crippen molar-refractivity contribution in [2.45, 2.75) is 18.9 Å². The number of nitrogens with one attached hydrogen (secondary N) is 2. The van der Waals surface area contributed by atoms with Gasteiger partial charge in [0.2, 0.25) is 0 Å². The molecule has 0 saturated carbocycles. The second-order valence-electron chi connectivity index (χ2n) is 5.01. The van der Waals surface area contributed by atoms with Crippen LogP contribution in [0.4, 0.5) is 0 Å². The average Bonchev–Trinajstić information content (AvgIpc) is 2.91. The molecule has 3 rings (SSSR count). The second kappa shape index (κ2) is 5.69. The molecule has 2 N–H and O–H groups in total. The first-order valence-electron chi connectivity index (χ1n) is 6.85. The number of aromatic amines is 1. The summed E-state index contributed by atoms with van der Waals surface area (Å²) in [5, 5.41) is 3.06. The number of hydrogen-bond donors (Lipinski definition) is 2. The molecule has 0 fully saturated rings. The van der Waals surface area contributed by atoms with E-state index in [-0.39, 0.29) is 11.9 Å². The van der Waals surface area contributed by atoms with Gasteiger partial charge in [-0.15, -0.1) is 0 Å². The van der Waals surface area contributed by atoms with E-state index in [4.69, 9.17) is 17.0 Å². The molecule has 0 aliphatic heterocycles. The van der Waals surface area contributed by atoms with Crippen LogP contribution in [0.15, 0.2) is 36.5 Å². The van der Waals surface area contributed by atoms with Gasteiger partial charge in [-0.2, -0.15) is 0 Å². The van der Waals surface area contributed by atoms with Crippen LogP contribution in [-0.2, 0) is 6.42 Å². The number of hydrogen-bond acceptors (Lipinski definition) is 3. The van der Waals surface area contributed by atoms with E-state index in [0.717, 1.165) is 24.2 Å². The zero-order valence-electron chi connectivity index (χ0n) is 11.7. The monoisotopic (exact) mass is 300 g/mol. The molecule has 0 spiro atoms. The van der Waals surface area contributed by atoms with Gasteiger partial charge in [-0.25, -0.2) is 0 Å². The Morgan fingerprint density at radius 2 is 2.24 bits per heavy atom. The number of aromatic nitrogens is 1. The standard InChI is InChI=1S/C16H16N2O2S/c1-20-14-6-2-4-10-11(14)7-8-13(10)18-15(19)12-5-3-9-17-16(12)21/h2-6,9,13H,7-8H2,1H3,(H,17,21)(H,18,19)/t13-/m0/s1. The molecular formula is C16H16N2O2S. The summed E-state index contributed by atoms with van der Waals surface area (Å²) >= 11 is 5.15. The zero-order valence-corrected chi connectivity index (χ0v) is 12.5. The van der Waals surface area contributed by atoms with Crippen LogP contribution in [0.5, 0.6) is 5.75 Å². The largest absolute Gasteiger partial charge is 0.496 e. The van der Waals surface area contributed by atoms with E-state index in [1.807, 2.05) is 18.2 Å². The lowest BCUT2D eigenvalue weighted by Crippen LogP contribution is -2.27. The van der Waals surface area contributed by atoms with Crippen LogP contribution in [0.25, 0.3) is 0 Å². The van der Waals surface area contributed by atoms with Crippen molar-refractivity contribution in [2.75, 3.05) is 7.11 Å². The SMILES string of the molecule is COc1cccc2c1CC[C@@H]2NC(=O)c1ccc[nH]c1=S. The van der Waals surface area contributed by atoms with Gasteiger partial charge in [-0.1, -0.05) is 24.4 Å². The van der Waals surface area contributed by atoms with Crippen molar-refractivity contribution in [3.8, 4) is 5.75 Å². The molecule has 5 heteroatoms. The summed E-state index contributed by atoms with van der Waals surface area (Å²) in [5.74, 6) is 0.749. The summed E-state index contributed by atoms with van der Waals surface area (Å²) in [5.41, 5.74) is 2.82. The third-order valence-corrected chi connectivity index (χ3v) is 4.15. The molecule has 1 amide bonds. The summed E-state index contributed by atoms with van der Waals surface area (Å²) in [6.45, 7) is 0. The summed E-state index contributed by atoms with van der Waals surface area (Å²) in [7, 11) is 1.67. The van der Waals surface area contributed by atoms with Crippen LogP contribution in [-0.4, -0.2) is 18.0 Å². The molecule has 21 heavy (non-hydrogen) atoms. The molecule has 1 aliphatic rings. The molecule has 1 aliphatic carbocycles. The fraction of sp³-hybridized carbons (Fsp3) is 0.250. The van der Waals surface area contributed by atoms with Gasteiger partial charge in [0.05, 0.1) is 18.7 Å². The number of ether oxygens (including phenoxy) is 1. The lowest BCUT2D eigenvalue weighted by Gasteiger charge is -2.15. The predicted octanol–water partition coefficient (Wildman–Crippen LogP) is 3.17. The number of H-pyrrole nitrogens is 1. The third-order valence-electron chi connectivity index (χ3n) is 3.82. The Labute approximate surface area is 128 Å². The molecule has 0 bridgehead atoms. The van der Waals surface area contributed by atoms with Gasteiger partial charge in [-0.05, 0) is 42.2 Å². The highest BCUT2D eigenvalue weighted by Gasteiger charge is 2.26. The second-order valence-corrected chi connectivity index (χ2v) is 5.41. The molecule has 0 radical (unpaired) electrons. The number of amides is 1. The van der Waals surface area contributed by atoms with Crippen molar-refractivity contribution in [1.29, 1.82) is 0 Å². The van der Waals surface area contributed by atoms with E-state index in [0.29, 0.717) is 10.2 Å². The van der Waals surface area contributed by atoms with E-state index < -0.39 is 0 Å². The Morgan fingerprint density at radius 1 is 1.38 bits per heavy atom. The average molecular weight is 300 g/mol. The summed E-state index contributed by atoms with van der Waals surface area (Å²) < 4.78 is 5.84. The molecule has 108 valence electrons. The Balaban J connectivity index is 1.85. The smallest absolute Gasteiger partial charge is 0.254 e. The first kappa shape index (κ1) is 13.8. The molecule has 4 nitrogen and oxygen atoms in total. The van der Waals surface area contributed by atoms with Crippen LogP contribution in [0.2, 0.25) is 0 Å². The van der Waals surface area contributed by atoms with Gasteiger partial charge in [0.15, 0.2) is 0 Å². The topological polar surface area (TPSA) is 54.1 Å². The quantitative estimate of drug-likeness (QED) is 0.856. The Hall–Kier alpha value is -2.14. The molecule has 2 aromatic rings. The number of carbonyl (C=O) groups excluding carboxylic acids is 1. The van der Waals surface area contributed by atoms with Crippen LogP contribution in [0.3, 0.4) is 0 Å². The first-order chi connectivity index (χ1) is 10.2. The van der Waals surface area contributed by atoms with Crippen molar-refractivity contribution in [1.82, 2.24) is 10.3 Å². The van der Waals surface area contributed by atoms with Crippen LogP contribution < -0.4 is 10.1 Å². The molecule has 1 atom stereocenters. The highest BCUT2D eigenvalue weighted by Crippen LogP contribution is 2.36. The number of fused-ring (bicyclic) bond motifs is 1. The van der Waals surface area contributed by atoms with Crippen LogP contribution >= 0.6 is 12.2 Å². The Kier molecular flexibility index (Phi) is 3.75. The van der Waals surface area contributed by atoms with E-state index in [2.05, 4.69) is 10.3 Å². The maximum Gasteiger partial charge on any atom is 0.254 e. The fourth-order valence-electron chi connectivity index (χ4n) is 2.80. The maximum absolute atomic E-state index is 12.4. The normalized spacial score (nSPS) is 16.3. The van der Waals surface area contributed by atoms with Gasteiger partial charge < -0.3 is 15.0 Å². The summed E-state index contributed by atoms with van der Waals surface area (Å²) in [6.07, 6.45) is 3.51. The fourth-order valence-corrected chi connectivity index (χ4v) is 3.03. The molecule has 1 aromatic heterocycles. The number of benzene rings is 1. The third kappa shape index (κ3) is 2.56. The minimum Gasteiger partial charge on any atom is -0.496 e. The minimum absolute atomic E-state index is 0.0113. The zero-order chi connectivity index (χ0) is 14.8. The first-order valence-corrected chi connectivity index (χ1v) is 7.26. The maximum atomic E-state index is 12.4. The van der Waals surface area contributed by atoms with Crippen LogP contribution in [0.1, 0.15) is 33.9 Å². The molecule has 1 heterocycles. The molecule has 0 saturated heterocycles. The number of rotatable bonds is 3. The van der Waals surface area contributed by atoms with Crippen molar-refractivity contribution >= 4 is 18.1 Å². The highest BCUT2D eigenvalue weighted by molar-refractivity contribution is 7.71. The van der Waals surface area contributed by atoms with Crippen molar-refractivity contribution in [2.24, 2.45) is 0 Å². The highest BCUT2D eigenvalue weighted by atomic mass is 32.1. The predicted molar refractivity (Wildman–Crippen MR) is 83.1 cm³/mol. The minimum atomic E-state index is -0.141. The number of pyridine rings is 1. The lowest BCUT2D eigenvalue weighted by molar-refractivity contribution is 0.0936. The van der Waals surface area contributed by atoms with E-state index >= 15 is 0 Å². The van der Waals surface area contributed by atoms with Gasteiger partial charge in [0.1, 0.15) is 10.4 Å². The lowest BCUT2D eigenvalue weighted by atomic mass is 10.1. The van der Waals surface area contributed by atoms with Gasteiger partial charge in [0.25, 0.3) is 5.91 Å². The van der Waals surface area contributed by atoms with E-state index in [1.165, 1.54) is 5.56 Å². The van der Waals surface area contributed by atoms with E-state index in [9.17, 15) is 4.79 Å². The summed E-state index contributed by atoms with van der Waals surface area (Å²) in [4.78, 5) is 15.2. The van der Waals surface area contributed by atoms with Gasteiger partial charge >= 0.3 is 0 Å². The van der Waals surface area contributed by atoms with Gasteiger partial charge in [-0.3, -0.25) is 4.79 Å². The van der Waals surface area contributed by atoms with Gasteiger partial charge in [0, 0.05) is 6.20 Å². The number of carbonyl (C=O) groups is 1. The van der Waals surface area contributed by atoms with Crippen molar-refractivity contribution in [3.05, 3.63) is 57.9 Å². The van der Waals surface area contributed by atoms with Crippen molar-refractivity contribution < 1.29 is 9.53 Å². The molecule has 0 unspecified atom stereocenters. The van der Waals surface area contributed by atoms with E-state index in [1.54, 1.807) is 25.4 Å². The summed E-state index contributed by atoms with van der Waals surface area (Å²) in [6, 6.07) is 9.47. The van der Waals surface area contributed by atoms with Crippen LogP contribution in [0, 0.1) is 4.64 Å². The Bertz CT molecular complexity index is 739. The number of methoxy groups -OCH3 is 1. The molecular weight excluding hydrogens is 284 g/mol. The molecule has 1 aromatic carbocycles. The Morgan fingerprint density at radius 3 is 3.00 bits per heavy atom.